The fraction of sp³-hybridized carbons (Fsp3) is 0.607. The Kier molecular flexibility index (Phi) is 9.44. The van der Waals surface area contributed by atoms with Gasteiger partial charge in [0.1, 0.15) is 18.2 Å². The number of aliphatic hydroxyl groups excluding tert-OH is 1. The lowest BCUT2D eigenvalue weighted by Gasteiger charge is -2.49. The largest absolute Gasteiger partial charge is 0.507 e. The van der Waals surface area contributed by atoms with E-state index in [0.29, 0.717) is 57.8 Å². The molecule has 1 aliphatic carbocycles. The molecule has 1 saturated heterocycles. The topological polar surface area (TPSA) is 83.3 Å². The number of methoxy groups -OCH3 is 1. The number of aliphatic hydroxyl groups is 1. The second kappa shape index (κ2) is 11.9. The van der Waals surface area contributed by atoms with Crippen molar-refractivity contribution in [3.8, 4) is 11.5 Å². The van der Waals surface area contributed by atoms with Crippen molar-refractivity contribution >= 4 is 17.8 Å². The Bertz CT molecular complexity index is 986. The van der Waals surface area contributed by atoms with Crippen LogP contribution < -0.4 is 10.1 Å². The first-order chi connectivity index (χ1) is 16.6. The molecule has 0 spiro atoms. The molecule has 0 amide bonds. The van der Waals surface area contributed by atoms with E-state index in [1.807, 2.05) is 0 Å². The summed E-state index contributed by atoms with van der Waals surface area (Å²) in [6, 6.07) is 0.982. The zero-order valence-electron chi connectivity index (χ0n) is 21.9. The molecule has 7 heteroatoms. The van der Waals surface area contributed by atoms with Gasteiger partial charge >= 0.3 is 0 Å². The molecule has 1 aliphatic heterocycles. The lowest BCUT2D eigenvalue weighted by atomic mass is 9.60. The first kappa shape index (κ1) is 27.7. The standard InChI is InChI=1S/C28H41ClN2O4/c1-17(7-9-22-26(33)23(13-30-16-32)19(3)25(29)27(22)34-6)11-12-28(5)18(2)8-10-24(20(28)4)31-21-14-35-15-21/h7,11-13,18,20-21,24,31-33H,8-10,14-16H2,1-6H3/b12-11+,17-7+,30-13+/t18-,20+,24?,28+/m1/s1. The zero-order valence-corrected chi connectivity index (χ0v) is 22.7. The van der Waals surface area contributed by atoms with E-state index in [4.69, 9.17) is 26.2 Å². The van der Waals surface area contributed by atoms with Gasteiger partial charge in [-0.25, -0.2) is 0 Å². The summed E-state index contributed by atoms with van der Waals surface area (Å²) in [5.41, 5.74) is 2.95. The average molecular weight is 505 g/mol. The fourth-order valence-electron chi connectivity index (χ4n) is 5.25. The maximum absolute atomic E-state index is 10.9. The number of aromatic hydroxyl groups is 1. The molecule has 194 valence electrons. The molecule has 6 nitrogen and oxygen atoms in total. The SMILES string of the molecule is COc1c(Cl)c(C)c(/C=N/CO)c(O)c1C/C=C(C)/C=C/[C@@]1(C)[C@H](C)CCC(NC2COC2)[C@@H]1C. The second-order valence-corrected chi connectivity index (χ2v) is 10.7. The van der Waals surface area contributed by atoms with E-state index in [9.17, 15) is 5.11 Å². The zero-order chi connectivity index (χ0) is 25.8. The van der Waals surface area contributed by atoms with Gasteiger partial charge in [-0.1, -0.05) is 56.2 Å². The molecule has 0 bridgehead atoms. The smallest absolute Gasteiger partial charge is 0.144 e. The van der Waals surface area contributed by atoms with Crippen molar-refractivity contribution < 1.29 is 19.7 Å². The third-order valence-electron chi connectivity index (χ3n) is 8.23. The van der Waals surface area contributed by atoms with E-state index in [1.165, 1.54) is 19.1 Å². The summed E-state index contributed by atoms with van der Waals surface area (Å²) in [5.74, 6) is 1.63. The van der Waals surface area contributed by atoms with Crippen LogP contribution >= 0.6 is 11.6 Å². The number of aliphatic imine (C=N–C) groups is 1. The van der Waals surface area contributed by atoms with Gasteiger partial charge in [0.05, 0.1) is 31.4 Å². The molecule has 35 heavy (non-hydrogen) atoms. The average Bonchev–Trinajstić information content (AvgIpc) is 2.81. The van der Waals surface area contributed by atoms with Gasteiger partial charge in [-0.2, -0.15) is 0 Å². The van der Waals surface area contributed by atoms with Crippen molar-refractivity contribution in [2.24, 2.45) is 22.2 Å². The molecular formula is C28H41ClN2O4. The van der Waals surface area contributed by atoms with E-state index >= 15 is 0 Å². The summed E-state index contributed by atoms with van der Waals surface area (Å²) in [6.45, 7) is 12.2. The summed E-state index contributed by atoms with van der Waals surface area (Å²) >= 11 is 6.54. The van der Waals surface area contributed by atoms with Crippen molar-refractivity contribution in [1.29, 1.82) is 0 Å². The van der Waals surface area contributed by atoms with Gasteiger partial charge in [-0.3, -0.25) is 4.99 Å². The summed E-state index contributed by atoms with van der Waals surface area (Å²) < 4.78 is 10.9. The number of nitrogens with zero attached hydrogens (tertiary/aromatic N) is 1. The highest BCUT2D eigenvalue weighted by atomic mass is 35.5. The number of hydrogen-bond donors (Lipinski definition) is 3. The van der Waals surface area contributed by atoms with E-state index in [-0.39, 0.29) is 17.9 Å². The molecule has 0 aromatic heterocycles. The van der Waals surface area contributed by atoms with Crippen molar-refractivity contribution in [3.05, 3.63) is 45.5 Å². The Morgan fingerprint density at radius 3 is 2.63 bits per heavy atom. The number of phenolic OH excluding ortho intramolecular Hbond substituents is 1. The summed E-state index contributed by atoms with van der Waals surface area (Å²) in [6.07, 6.45) is 11.0. The maximum Gasteiger partial charge on any atom is 0.144 e. The molecule has 3 N–H and O–H groups in total. The van der Waals surface area contributed by atoms with Crippen molar-refractivity contribution in [2.75, 3.05) is 27.1 Å². The van der Waals surface area contributed by atoms with Crippen LogP contribution in [0.25, 0.3) is 0 Å². The Balaban J connectivity index is 1.81. The van der Waals surface area contributed by atoms with Crippen molar-refractivity contribution in [2.45, 2.75) is 66.0 Å². The van der Waals surface area contributed by atoms with E-state index in [0.717, 1.165) is 18.8 Å². The van der Waals surface area contributed by atoms with Crippen molar-refractivity contribution in [1.82, 2.24) is 5.32 Å². The third kappa shape index (κ3) is 5.93. The molecule has 1 saturated carbocycles. The number of halogens is 1. The molecular weight excluding hydrogens is 464 g/mol. The molecule has 1 aromatic rings. The first-order valence-electron chi connectivity index (χ1n) is 12.5. The number of hydrogen-bond acceptors (Lipinski definition) is 6. The monoisotopic (exact) mass is 504 g/mol. The minimum atomic E-state index is -0.359. The summed E-state index contributed by atoms with van der Waals surface area (Å²) in [7, 11) is 1.55. The molecule has 4 atom stereocenters. The minimum absolute atomic E-state index is 0.0735. The quantitative estimate of drug-likeness (QED) is 0.318. The number of allylic oxidation sites excluding steroid dienone is 4. The number of benzene rings is 1. The van der Waals surface area contributed by atoms with Crippen LogP contribution in [-0.2, 0) is 11.2 Å². The van der Waals surface area contributed by atoms with Gasteiger partial charge in [-0.15, -0.1) is 0 Å². The molecule has 2 fully saturated rings. The van der Waals surface area contributed by atoms with E-state index in [2.05, 4.69) is 56.2 Å². The second-order valence-electron chi connectivity index (χ2n) is 10.3. The van der Waals surface area contributed by atoms with Gasteiger partial charge in [0.25, 0.3) is 0 Å². The Morgan fingerprint density at radius 2 is 2.03 bits per heavy atom. The maximum atomic E-state index is 10.9. The Morgan fingerprint density at radius 1 is 1.31 bits per heavy atom. The molecule has 2 aliphatic rings. The normalized spacial score (nSPS) is 28.1. The van der Waals surface area contributed by atoms with Crippen LogP contribution in [0.15, 0.2) is 28.8 Å². The summed E-state index contributed by atoms with van der Waals surface area (Å²) in [4.78, 5) is 3.87. The fourth-order valence-corrected chi connectivity index (χ4v) is 5.55. The van der Waals surface area contributed by atoms with Crippen LogP contribution in [0.4, 0.5) is 0 Å². The predicted molar refractivity (Wildman–Crippen MR) is 143 cm³/mol. The Labute approximate surface area is 215 Å². The number of nitrogens with one attached hydrogen (secondary N) is 1. The molecule has 1 aromatic carbocycles. The Hall–Kier alpha value is -1.86. The van der Waals surface area contributed by atoms with Crippen LogP contribution in [0.2, 0.25) is 5.02 Å². The van der Waals surface area contributed by atoms with Crippen LogP contribution in [0.1, 0.15) is 57.2 Å². The molecule has 3 rings (SSSR count). The van der Waals surface area contributed by atoms with Gasteiger partial charge in [0.2, 0.25) is 0 Å². The highest BCUT2D eigenvalue weighted by molar-refractivity contribution is 6.33. The summed E-state index contributed by atoms with van der Waals surface area (Å²) in [5, 5.41) is 24.3. The van der Waals surface area contributed by atoms with E-state index in [1.54, 1.807) is 14.0 Å². The van der Waals surface area contributed by atoms with Gasteiger partial charge in [-0.05, 0) is 55.9 Å². The van der Waals surface area contributed by atoms with Crippen LogP contribution in [0, 0.1) is 24.2 Å². The van der Waals surface area contributed by atoms with Crippen LogP contribution in [-0.4, -0.2) is 55.6 Å². The third-order valence-corrected chi connectivity index (χ3v) is 8.69. The molecule has 0 radical (unpaired) electrons. The molecule has 1 heterocycles. The van der Waals surface area contributed by atoms with Crippen molar-refractivity contribution in [3.63, 3.8) is 0 Å². The molecule has 1 unspecified atom stereocenters. The minimum Gasteiger partial charge on any atom is -0.507 e. The number of ether oxygens (including phenoxy) is 2. The van der Waals surface area contributed by atoms with Gasteiger partial charge in [0.15, 0.2) is 0 Å². The number of rotatable bonds is 9. The highest BCUT2D eigenvalue weighted by Gasteiger charge is 2.43. The lowest BCUT2D eigenvalue weighted by Crippen LogP contribution is -2.56. The van der Waals surface area contributed by atoms with Gasteiger partial charge in [0, 0.05) is 23.4 Å². The van der Waals surface area contributed by atoms with E-state index < -0.39 is 0 Å². The lowest BCUT2D eigenvalue weighted by molar-refractivity contribution is -0.0258. The van der Waals surface area contributed by atoms with Crippen LogP contribution in [0.3, 0.4) is 0 Å². The van der Waals surface area contributed by atoms with Gasteiger partial charge < -0.3 is 25.0 Å². The van der Waals surface area contributed by atoms with Crippen LogP contribution in [0.5, 0.6) is 11.5 Å². The highest BCUT2D eigenvalue weighted by Crippen LogP contribution is 2.47. The number of phenols is 1. The predicted octanol–water partition coefficient (Wildman–Crippen LogP) is 5.21. The first-order valence-corrected chi connectivity index (χ1v) is 12.9.